The summed E-state index contributed by atoms with van der Waals surface area (Å²) in [5.74, 6) is -0.0258. The van der Waals surface area contributed by atoms with Crippen LogP contribution in [0.2, 0.25) is 0 Å². The van der Waals surface area contributed by atoms with Crippen molar-refractivity contribution >= 4 is 11.4 Å². The number of halogens is 1. The predicted octanol–water partition coefficient (Wildman–Crippen LogP) is 2.45. The fourth-order valence-electron chi connectivity index (χ4n) is 2.16. The number of methoxy groups -OCH3 is 1. The van der Waals surface area contributed by atoms with E-state index in [1.54, 1.807) is 6.07 Å². The maximum atomic E-state index is 13.5. The monoisotopic (exact) mass is 222 g/mol. The summed E-state index contributed by atoms with van der Waals surface area (Å²) in [7, 11) is 1.48. The molecule has 1 aliphatic heterocycles. The minimum absolute atomic E-state index is 0.291. The Hall–Kier alpha value is -1.45. The van der Waals surface area contributed by atoms with Crippen molar-refractivity contribution in [1.29, 1.82) is 0 Å². The molecule has 0 unspecified atom stereocenters. The average molecular weight is 222 g/mol. The smallest absolute Gasteiger partial charge is 0.167 e. The first-order chi connectivity index (χ1) is 7.72. The number of fused-ring (bicyclic) bond motifs is 1. The normalized spacial score (nSPS) is 20.4. The van der Waals surface area contributed by atoms with Crippen LogP contribution in [0, 0.1) is 11.2 Å². The lowest BCUT2D eigenvalue weighted by Crippen LogP contribution is -2.19. The molecule has 1 aliphatic carbocycles. The molecule has 3 nitrogen and oxygen atoms in total. The van der Waals surface area contributed by atoms with E-state index in [0.29, 0.717) is 11.2 Å². The van der Waals surface area contributed by atoms with Crippen LogP contribution in [0.5, 0.6) is 5.75 Å². The van der Waals surface area contributed by atoms with Gasteiger partial charge in [0.1, 0.15) is 0 Å². The highest BCUT2D eigenvalue weighted by atomic mass is 19.1. The molecule has 0 amide bonds. The lowest BCUT2D eigenvalue weighted by molar-refractivity contribution is 0.387. The Balaban J connectivity index is 1.94. The molecule has 1 aromatic carbocycles. The molecule has 1 fully saturated rings. The van der Waals surface area contributed by atoms with Gasteiger partial charge in [0.25, 0.3) is 0 Å². The van der Waals surface area contributed by atoms with E-state index in [4.69, 9.17) is 4.74 Å². The standard InChI is InChI=1S/C12H15FN2O/c1-16-11-5-10-9(4-8(11)13)14-6-12(2-3-12)7-15-10/h4-5,14-15H,2-3,6-7H2,1H3. The molecule has 2 N–H and O–H groups in total. The van der Waals surface area contributed by atoms with Gasteiger partial charge in [0.05, 0.1) is 18.5 Å². The Morgan fingerprint density at radius 3 is 2.38 bits per heavy atom. The molecule has 4 heteroatoms. The van der Waals surface area contributed by atoms with Gasteiger partial charge in [0.2, 0.25) is 0 Å². The summed E-state index contributed by atoms with van der Waals surface area (Å²) < 4.78 is 18.5. The number of ether oxygens (including phenoxy) is 1. The number of hydrogen-bond donors (Lipinski definition) is 2. The molecular formula is C12H15FN2O. The van der Waals surface area contributed by atoms with Crippen LogP contribution >= 0.6 is 0 Å². The van der Waals surface area contributed by atoms with E-state index >= 15 is 0 Å². The molecule has 3 rings (SSSR count). The number of hydrogen-bond acceptors (Lipinski definition) is 3. The number of nitrogens with one attached hydrogen (secondary N) is 2. The van der Waals surface area contributed by atoms with E-state index in [0.717, 1.165) is 24.5 Å². The summed E-state index contributed by atoms with van der Waals surface area (Å²) in [6.07, 6.45) is 2.50. The Labute approximate surface area is 94.0 Å². The van der Waals surface area contributed by atoms with Gasteiger partial charge in [-0.15, -0.1) is 0 Å². The summed E-state index contributed by atoms with van der Waals surface area (Å²) in [6, 6.07) is 3.22. The first-order valence-corrected chi connectivity index (χ1v) is 5.58. The number of benzene rings is 1. The lowest BCUT2D eigenvalue weighted by Gasteiger charge is -2.10. The molecular weight excluding hydrogens is 207 g/mol. The molecule has 0 saturated heterocycles. The summed E-state index contributed by atoms with van der Waals surface area (Å²) >= 11 is 0. The van der Waals surface area contributed by atoms with Crippen LogP contribution in [0.1, 0.15) is 12.8 Å². The molecule has 0 bridgehead atoms. The molecule has 1 heterocycles. The van der Waals surface area contributed by atoms with Crippen molar-refractivity contribution in [3.63, 3.8) is 0 Å². The Morgan fingerprint density at radius 1 is 1.19 bits per heavy atom. The number of anilines is 2. The fraction of sp³-hybridized carbons (Fsp3) is 0.500. The highest BCUT2D eigenvalue weighted by molar-refractivity contribution is 5.72. The van der Waals surface area contributed by atoms with Gasteiger partial charge in [-0.25, -0.2) is 4.39 Å². The van der Waals surface area contributed by atoms with Gasteiger partial charge < -0.3 is 15.4 Å². The van der Waals surface area contributed by atoms with Crippen LogP contribution in [-0.4, -0.2) is 20.2 Å². The first-order valence-electron chi connectivity index (χ1n) is 5.58. The molecule has 16 heavy (non-hydrogen) atoms. The van der Waals surface area contributed by atoms with E-state index in [9.17, 15) is 4.39 Å². The summed E-state index contributed by atoms with van der Waals surface area (Å²) in [5, 5.41) is 6.68. The Morgan fingerprint density at radius 2 is 1.81 bits per heavy atom. The molecule has 1 spiro atoms. The van der Waals surface area contributed by atoms with Crippen molar-refractivity contribution in [3.05, 3.63) is 17.9 Å². The zero-order valence-electron chi connectivity index (χ0n) is 9.27. The van der Waals surface area contributed by atoms with E-state index in [1.807, 2.05) is 0 Å². The zero-order valence-corrected chi connectivity index (χ0v) is 9.27. The fourth-order valence-corrected chi connectivity index (χ4v) is 2.16. The van der Waals surface area contributed by atoms with Crippen molar-refractivity contribution in [1.82, 2.24) is 0 Å². The van der Waals surface area contributed by atoms with Gasteiger partial charge in [0, 0.05) is 30.6 Å². The minimum Gasteiger partial charge on any atom is -0.494 e. The van der Waals surface area contributed by atoms with Gasteiger partial charge in [-0.2, -0.15) is 0 Å². The molecule has 86 valence electrons. The van der Waals surface area contributed by atoms with E-state index in [2.05, 4.69) is 10.6 Å². The molecule has 2 aliphatic rings. The molecule has 1 saturated carbocycles. The van der Waals surface area contributed by atoms with Gasteiger partial charge in [-0.05, 0) is 12.8 Å². The van der Waals surface area contributed by atoms with Crippen LogP contribution < -0.4 is 15.4 Å². The first kappa shape index (κ1) is 9.75. The topological polar surface area (TPSA) is 33.3 Å². The summed E-state index contributed by atoms with van der Waals surface area (Å²) in [6.45, 7) is 1.89. The maximum absolute atomic E-state index is 13.5. The van der Waals surface area contributed by atoms with Crippen molar-refractivity contribution < 1.29 is 9.13 Å². The second-order valence-corrected chi connectivity index (χ2v) is 4.74. The minimum atomic E-state index is -0.317. The molecule has 0 aromatic heterocycles. The van der Waals surface area contributed by atoms with Crippen molar-refractivity contribution in [3.8, 4) is 5.75 Å². The third-order valence-electron chi connectivity index (χ3n) is 3.56. The highest BCUT2D eigenvalue weighted by Crippen LogP contribution is 2.48. The van der Waals surface area contributed by atoms with Gasteiger partial charge in [0.15, 0.2) is 11.6 Å². The van der Waals surface area contributed by atoms with E-state index in [-0.39, 0.29) is 5.82 Å². The average Bonchev–Trinajstić information content (AvgIpc) is 3.07. The van der Waals surface area contributed by atoms with Crippen molar-refractivity contribution in [2.24, 2.45) is 5.41 Å². The SMILES string of the molecule is COc1cc2c(cc1F)NCC1(CC1)CN2. The summed E-state index contributed by atoms with van der Waals surface area (Å²) in [5.41, 5.74) is 2.16. The van der Waals surface area contributed by atoms with Crippen LogP contribution in [0.3, 0.4) is 0 Å². The van der Waals surface area contributed by atoms with Crippen LogP contribution in [0.25, 0.3) is 0 Å². The van der Waals surface area contributed by atoms with Crippen molar-refractivity contribution in [2.45, 2.75) is 12.8 Å². The van der Waals surface area contributed by atoms with E-state index in [1.165, 1.54) is 26.0 Å². The van der Waals surface area contributed by atoms with Crippen LogP contribution in [-0.2, 0) is 0 Å². The van der Waals surface area contributed by atoms with E-state index < -0.39 is 0 Å². The van der Waals surface area contributed by atoms with Gasteiger partial charge in [-0.1, -0.05) is 0 Å². The second kappa shape index (κ2) is 3.27. The predicted molar refractivity (Wildman–Crippen MR) is 61.6 cm³/mol. The Bertz CT molecular complexity index is 429. The third-order valence-corrected chi connectivity index (χ3v) is 3.56. The summed E-state index contributed by atoms with van der Waals surface area (Å²) in [4.78, 5) is 0. The van der Waals surface area contributed by atoms with Crippen LogP contribution in [0.4, 0.5) is 15.8 Å². The quantitative estimate of drug-likeness (QED) is 0.765. The lowest BCUT2D eigenvalue weighted by atomic mass is 10.1. The second-order valence-electron chi connectivity index (χ2n) is 4.74. The molecule has 0 atom stereocenters. The molecule has 0 radical (unpaired) electrons. The molecule has 1 aromatic rings. The van der Waals surface area contributed by atoms with Crippen molar-refractivity contribution in [2.75, 3.05) is 30.8 Å². The maximum Gasteiger partial charge on any atom is 0.167 e. The third kappa shape index (κ3) is 1.49. The Kier molecular flexibility index (Phi) is 1.99. The zero-order chi connectivity index (χ0) is 11.2. The van der Waals surface area contributed by atoms with Gasteiger partial charge in [-0.3, -0.25) is 0 Å². The highest BCUT2D eigenvalue weighted by Gasteiger charge is 2.43. The largest absolute Gasteiger partial charge is 0.494 e. The van der Waals surface area contributed by atoms with Gasteiger partial charge >= 0.3 is 0 Å². The van der Waals surface area contributed by atoms with Crippen LogP contribution in [0.15, 0.2) is 12.1 Å². The number of rotatable bonds is 1.